The molecule has 0 bridgehead atoms. The average Bonchev–Trinajstić information content (AvgIpc) is 3.15. The minimum absolute atomic E-state index is 0.0832. The molecule has 1 amide bonds. The summed E-state index contributed by atoms with van der Waals surface area (Å²) in [6, 6.07) is 5.62. The predicted octanol–water partition coefficient (Wildman–Crippen LogP) is 4.88. The van der Waals surface area contributed by atoms with E-state index in [1.54, 1.807) is 23.0 Å². The van der Waals surface area contributed by atoms with Crippen molar-refractivity contribution >= 4 is 5.91 Å². The molecule has 0 spiro atoms. The lowest BCUT2D eigenvalue weighted by molar-refractivity contribution is -0.138. The van der Waals surface area contributed by atoms with Gasteiger partial charge < -0.3 is 9.47 Å². The Morgan fingerprint density at radius 1 is 1.14 bits per heavy atom. The second-order valence-electron chi connectivity index (χ2n) is 8.27. The van der Waals surface area contributed by atoms with Gasteiger partial charge in [0.1, 0.15) is 5.82 Å². The first-order chi connectivity index (χ1) is 13.9. The number of carbonyl (C=O) groups excluding carboxylic acids is 1. The highest BCUT2D eigenvalue weighted by Gasteiger charge is 2.34. The highest BCUT2D eigenvalue weighted by molar-refractivity contribution is 5.79. The Hall–Kier alpha value is -2.31. The van der Waals surface area contributed by atoms with E-state index in [0.717, 1.165) is 51.1 Å². The van der Waals surface area contributed by atoms with Crippen LogP contribution in [0.25, 0.3) is 0 Å². The molecule has 4 rings (SSSR count). The molecular formula is C22H26F3N3O. The van der Waals surface area contributed by atoms with Gasteiger partial charge >= 0.3 is 6.18 Å². The number of rotatable bonds is 7. The molecule has 2 aromatic rings. The third kappa shape index (κ3) is 4.82. The van der Waals surface area contributed by atoms with Gasteiger partial charge in [-0.1, -0.05) is 31.0 Å². The summed E-state index contributed by atoms with van der Waals surface area (Å²) in [6.45, 7) is 1.16. The van der Waals surface area contributed by atoms with Gasteiger partial charge in [0.25, 0.3) is 0 Å². The smallest absolute Gasteiger partial charge is 0.335 e. The summed E-state index contributed by atoms with van der Waals surface area (Å²) in [5, 5.41) is 0. The van der Waals surface area contributed by atoms with Crippen molar-refractivity contribution in [3.63, 3.8) is 0 Å². The minimum atomic E-state index is -4.40. The monoisotopic (exact) mass is 405 g/mol. The maximum Gasteiger partial charge on any atom is 0.416 e. The van der Waals surface area contributed by atoms with Crippen LogP contribution in [0.3, 0.4) is 0 Å². The molecule has 1 heterocycles. The summed E-state index contributed by atoms with van der Waals surface area (Å²) in [5.74, 6) is 1.45. The van der Waals surface area contributed by atoms with E-state index in [0.29, 0.717) is 18.3 Å². The van der Waals surface area contributed by atoms with Gasteiger partial charge in [0.05, 0.1) is 12.1 Å². The van der Waals surface area contributed by atoms with E-state index < -0.39 is 11.7 Å². The topological polar surface area (TPSA) is 38.1 Å². The van der Waals surface area contributed by atoms with Crippen LogP contribution in [0.2, 0.25) is 0 Å². The van der Waals surface area contributed by atoms with Gasteiger partial charge in [0.2, 0.25) is 5.91 Å². The number of benzene rings is 1. The molecule has 2 fully saturated rings. The lowest BCUT2D eigenvalue weighted by atomic mass is 10.1. The van der Waals surface area contributed by atoms with E-state index in [4.69, 9.17) is 0 Å². The van der Waals surface area contributed by atoms with Crippen molar-refractivity contribution in [3.8, 4) is 0 Å². The van der Waals surface area contributed by atoms with Crippen LogP contribution in [-0.2, 0) is 24.1 Å². The zero-order valence-electron chi connectivity index (χ0n) is 16.4. The van der Waals surface area contributed by atoms with Gasteiger partial charge in [-0.3, -0.25) is 4.79 Å². The quantitative estimate of drug-likeness (QED) is 0.659. The molecule has 0 saturated heterocycles. The molecule has 7 heteroatoms. The van der Waals surface area contributed by atoms with Crippen molar-refractivity contribution in [2.45, 2.75) is 57.8 Å². The van der Waals surface area contributed by atoms with Crippen molar-refractivity contribution in [3.05, 3.63) is 53.6 Å². The van der Waals surface area contributed by atoms with Crippen LogP contribution < -0.4 is 0 Å². The highest BCUT2D eigenvalue weighted by atomic mass is 19.4. The van der Waals surface area contributed by atoms with Gasteiger partial charge in [-0.25, -0.2) is 4.98 Å². The van der Waals surface area contributed by atoms with Crippen LogP contribution in [-0.4, -0.2) is 26.9 Å². The molecule has 1 aromatic heterocycles. The molecule has 0 atom stereocenters. The third-order valence-corrected chi connectivity index (χ3v) is 5.99. The second kappa shape index (κ2) is 8.20. The number of aromatic nitrogens is 2. The fraction of sp³-hybridized carbons (Fsp3) is 0.545. The largest absolute Gasteiger partial charge is 0.416 e. The van der Waals surface area contributed by atoms with E-state index in [9.17, 15) is 18.0 Å². The van der Waals surface area contributed by atoms with Crippen LogP contribution in [0, 0.1) is 11.8 Å². The lowest BCUT2D eigenvalue weighted by Gasteiger charge is -2.26. The fourth-order valence-electron chi connectivity index (χ4n) is 4.20. The Morgan fingerprint density at radius 2 is 1.86 bits per heavy atom. The number of hydrogen-bond donors (Lipinski definition) is 0. The number of hydrogen-bond acceptors (Lipinski definition) is 2. The lowest BCUT2D eigenvalue weighted by Crippen LogP contribution is -2.37. The standard InChI is InChI=1S/C22H26F3N3O/c23-22(24,25)19-8-4-3-7-18(19)14-27-12-11-26-20(27)15-28(13-16-9-10-16)21(29)17-5-1-2-6-17/h3-4,7-8,11-12,16-17H,1-2,5-6,9-10,13-15H2. The Labute approximate surface area is 168 Å². The first-order valence-corrected chi connectivity index (χ1v) is 10.4. The number of imidazole rings is 1. The van der Waals surface area contributed by atoms with E-state index in [-0.39, 0.29) is 23.9 Å². The molecule has 156 valence electrons. The van der Waals surface area contributed by atoms with E-state index in [2.05, 4.69) is 4.98 Å². The molecule has 0 aliphatic heterocycles. The van der Waals surface area contributed by atoms with Crippen molar-refractivity contribution in [1.29, 1.82) is 0 Å². The number of carbonyl (C=O) groups is 1. The Balaban J connectivity index is 1.53. The highest BCUT2D eigenvalue weighted by Crippen LogP contribution is 2.34. The molecule has 29 heavy (non-hydrogen) atoms. The Kier molecular flexibility index (Phi) is 5.65. The van der Waals surface area contributed by atoms with Gasteiger partial charge in [0.15, 0.2) is 0 Å². The molecule has 2 saturated carbocycles. The van der Waals surface area contributed by atoms with Crippen LogP contribution >= 0.6 is 0 Å². The van der Waals surface area contributed by atoms with E-state index >= 15 is 0 Å². The molecule has 0 N–H and O–H groups in total. The summed E-state index contributed by atoms with van der Waals surface area (Å²) >= 11 is 0. The van der Waals surface area contributed by atoms with Crippen LogP contribution in [0.5, 0.6) is 0 Å². The summed E-state index contributed by atoms with van der Waals surface area (Å²) in [5.41, 5.74) is -0.424. The van der Waals surface area contributed by atoms with Gasteiger partial charge in [-0.15, -0.1) is 0 Å². The fourth-order valence-corrected chi connectivity index (χ4v) is 4.20. The number of alkyl halides is 3. The zero-order chi connectivity index (χ0) is 20.4. The molecule has 0 unspecified atom stereocenters. The molecule has 2 aliphatic rings. The molecule has 0 radical (unpaired) electrons. The third-order valence-electron chi connectivity index (χ3n) is 5.99. The van der Waals surface area contributed by atoms with Crippen molar-refractivity contribution in [2.24, 2.45) is 11.8 Å². The van der Waals surface area contributed by atoms with E-state index in [1.807, 2.05) is 4.90 Å². The zero-order valence-corrected chi connectivity index (χ0v) is 16.4. The van der Waals surface area contributed by atoms with Crippen molar-refractivity contribution in [2.75, 3.05) is 6.54 Å². The number of amides is 1. The first kappa shape index (κ1) is 20.0. The predicted molar refractivity (Wildman–Crippen MR) is 103 cm³/mol. The number of halogens is 3. The Morgan fingerprint density at radius 3 is 2.55 bits per heavy atom. The van der Waals surface area contributed by atoms with Gasteiger partial charge in [-0.05, 0) is 43.2 Å². The van der Waals surface area contributed by atoms with Crippen LogP contribution in [0.4, 0.5) is 13.2 Å². The molecule has 2 aliphatic carbocycles. The summed E-state index contributed by atoms with van der Waals surface area (Å²) in [6.07, 6.45) is 5.24. The normalized spacial score (nSPS) is 17.6. The van der Waals surface area contributed by atoms with Crippen molar-refractivity contribution in [1.82, 2.24) is 14.5 Å². The average molecular weight is 405 g/mol. The SMILES string of the molecule is O=C(C1CCCC1)N(Cc1nccn1Cc1ccccc1C(F)(F)F)CC1CC1. The number of nitrogens with zero attached hydrogens (tertiary/aromatic N) is 3. The molecule has 1 aromatic carbocycles. The Bertz CT molecular complexity index is 851. The molecule has 4 nitrogen and oxygen atoms in total. The van der Waals surface area contributed by atoms with Crippen molar-refractivity contribution < 1.29 is 18.0 Å². The summed E-state index contributed by atoms with van der Waals surface area (Å²) < 4.78 is 41.7. The maximum absolute atomic E-state index is 13.3. The summed E-state index contributed by atoms with van der Waals surface area (Å²) in [7, 11) is 0. The van der Waals surface area contributed by atoms with Crippen LogP contribution in [0.1, 0.15) is 55.5 Å². The van der Waals surface area contributed by atoms with Gasteiger partial charge in [-0.2, -0.15) is 13.2 Å². The second-order valence-corrected chi connectivity index (χ2v) is 8.27. The minimum Gasteiger partial charge on any atom is -0.335 e. The first-order valence-electron chi connectivity index (χ1n) is 10.4. The molecular weight excluding hydrogens is 379 g/mol. The maximum atomic E-state index is 13.3. The summed E-state index contributed by atoms with van der Waals surface area (Å²) in [4.78, 5) is 19.3. The van der Waals surface area contributed by atoms with E-state index in [1.165, 1.54) is 12.1 Å². The van der Waals surface area contributed by atoms with Gasteiger partial charge in [0, 0.05) is 31.4 Å². The van der Waals surface area contributed by atoms with Crippen LogP contribution in [0.15, 0.2) is 36.7 Å².